The number of rotatable bonds is 6. The Morgan fingerprint density at radius 3 is 2.52 bits per heavy atom. The molecule has 0 fully saturated rings. The number of aromatic nitrogens is 2. The van der Waals surface area contributed by atoms with Crippen molar-refractivity contribution in [3.63, 3.8) is 0 Å². The molecule has 3 N–H and O–H groups in total. The van der Waals surface area contributed by atoms with Gasteiger partial charge >= 0.3 is 0 Å². The molecule has 0 amide bonds. The summed E-state index contributed by atoms with van der Waals surface area (Å²) < 4.78 is 5.62. The van der Waals surface area contributed by atoms with Gasteiger partial charge in [0.15, 0.2) is 0 Å². The molecular weight excluding hydrogens is 310 g/mol. The standard InChI is InChI=1S/C18H18ClN3O/c19-17-5-3-13(4-6-17)18-9-14(16-10-21-22-11-16)1-2-15(18)12-23-8-7-20/h1-6,9-11H,7-8,12,20H2,(H,21,22). The predicted octanol–water partition coefficient (Wildman–Crippen LogP) is 3.87. The maximum absolute atomic E-state index is 6.00. The van der Waals surface area contributed by atoms with Crippen LogP contribution in [0.25, 0.3) is 22.3 Å². The zero-order valence-electron chi connectivity index (χ0n) is 12.6. The Labute approximate surface area is 140 Å². The lowest BCUT2D eigenvalue weighted by molar-refractivity contribution is 0.128. The van der Waals surface area contributed by atoms with Crippen LogP contribution >= 0.6 is 11.6 Å². The maximum Gasteiger partial charge on any atom is 0.0723 e. The highest BCUT2D eigenvalue weighted by atomic mass is 35.5. The van der Waals surface area contributed by atoms with Crippen LogP contribution in [0.15, 0.2) is 54.9 Å². The number of benzene rings is 2. The van der Waals surface area contributed by atoms with Gasteiger partial charge < -0.3 is 10.5 Å². The summed E-state index contributed by atoms with van der Waals surface area (Å²) in [7, 11) is 0. The van der Waals surface area contributed by atoms with E-state index in [1.54, 1.807) is 0 Å². The van der Waals surface area contributed by atoms with E-state index in [0.29, 0.717) is 19.8 Å². The fraction of sp³-hybridized carbons (Fsp3) is 0.167. The lowest BCUT2D eigenvalue weighted by Gasteiger charge is -2.12. The summed E-state index contributed by atoms with van der Waals surface area (Å²) >= 11 is 6.00. The van der Waals surface area contributed by atoms with Crippen LogP contribution in [0, 0.1) is 0 Å². The fourth-order valence-corrected chi connectivity index (χ4v) is 2.58. The molecule has 5 heteroatoms. The molecule has 0 saturated heterocycles. The molecule has 0 bridgehead atoms. The smallest absolute Gasteiger partial charge is 0.0723 e. The molecule has 0 aliphatic carbocycles. The molecule has 0 aliphatic heterocycles. The van der Waals surface area contributed by atoms with Crippen molar-refractivity contribution < 1.29 is 4.74 Å². The number of nitrogens with one attached hydrogen (secondary N) is 1. The second-order valence-corrected chi connectivity index (χ2v) is 5.64. The quantitative estimate of drug-likeness (QED) is 0.675. The third-order valence-electron chi connectivity index (χ3n) is 3.62. The number of hydrogen-bond acceptors (Lipinski definition) is 3. The van der Waals surface area contributed by atoms with Crippen LogP contribution in [-0.4, -0.2) is 23.3 Å². The van der Waals surface area contributed by atoms with Crippen molar-refractivity contribution in [1.29, 1.82) is 0 Å². The van der Waals surface area contributed by atoms with Crippen LogP contribution in [-0.2, 0) is 11.3 Å². The second kappa shape index (κ2) is 7.42. The van der Waals surface area contributed by atoms with Gasteiger partial charge in [-0.05, 0) is 40.5 Å². The highest BCUT2D eigenvalue weighted by molar-refractivity contribution is 6.30. The van der Waals surface area contributed by atoms with Crippen LogP contribution in [0.5, 0.6) is 0 Å². The highest BCUT2D eigenvalue weighted by Crippen LogP contribution is 2.30. The van der Waals surface area contributed by atoms with Crippen LogP contribution in [0.3, 0.4) is 0 Å². The molecule has 3 aromatic rings. The first kappa shape index (κ1) is 15.7. The summed E-state index contributed by atoms with van der Waals surface area (Å²) in [5, 5.41) is 7.58. The minimum Gasteiger partial charge on any atom is -0.375 e. The lowest BCUT2D eigenvalue weighted by atomic mass is 9.96. The number of halogens is 1. The summed E-state index contributed by atoms with van der Waals surface area (Å²) in [5.41, 5.74) is 11.0. The van der Waals surface area contributed by atoms with Crippen LogP contribution in [0.4, 0.5) is 0 Å². The predicted molar refractivity (Wildman–Crippen MR) is 93.2 cm³/mol. The van der Waals surface area contributed by atoms with E-state index >= 15 is 0 Å². The Kier molecular flexibility index (Phi) is 5.08. The van der Waals surface area contributed by atoms with Crippen molar-refractivity contribution in [3.8, 4) is 22.3 Å². The molecule has 23 heavy (non-hydrogen) atoms. The first-order chi connectivity index (χ1) is 11.3. The average Bonchev–Trinajstić information content (AvgIpc) is 3.11. The molecule has 1 heterocycles. The SMILES string of the molecule is NCCOCc1ccc(-c2cn[nH]c2)cc1-c1ccc(Cl)cc1. The minimum absolute atomic E-state index is 0.517. The van der Waals surface area contributed by atoms with Crippen molar-refractivity contribution in [3.05, 3.63) is 65.4 Å². The molecule has 4 nitrogen and oxygen atoms in total. The monoisotopic (exact) mass is 327 g/mol. The first-order valence-corrected chi connectivity index (χ1v) is 7.81. The Bertz CT molecular complexity index is 754. The van der Waals surface area contributed by atoms with Crippen molar-refractivity contribution in [2.45, 2.75) is 6.61 Å². The lowest BCUT2D eigenvalue weighted by Crippen LogP contribution is -2.08. The van der Waals surface area contributed by atoms with Gasteiger partial charge in [0.2, 0.25) is 0 Å². The van der Waals surface area contributed by atoms with Gasteiger partial charge in [-0.3, -0.25) is 5.10 Å². The zero-order chi connectivity index (χ0) is 16.1. The van der Waals surface area contributed by atoms with E-state index in [0.717, 1.165) is 32.8 Å². The first-order valence-electron chi connectivity index (χ1n) is 7.44. The van der Waals surface area contributed by atoms with E-state index in [4.69, 9.17) is 22.1 Å². The van der Waals surface area contributed by atoms with Gasteiger partial charge in [0.25, 0.3) is 0 Å². The summed E-state index contributed by atoms with van der Waals surface area (Å²) in [4.78, 5) is 0. The van der Waals surface area contributed by atoms with Gasteiger partial charge in [0.1, 0.15) is 0 Å². The van der Waals surface area contributed by atoms with Crippen molar-refractivity contribution in [1.82, 2.24) is 10.2 Å². The van der Waals surface area contributed by atoms with Gasteiger partial charge in [-0.2, -0.15) is 5.10 Å². The summed E-state index contributed by atoms with van der Waals surface area (Å²) in [6, 6.07) is 14.1. The molecule has 0 radical (unpaired) electrons. The average molecular weight is 328 g/mol. The summed E-state index contributed by atoms with van der Waals surface area (Å²) in [5.74, 6) is 0. The Hall–Kier alpha value is -2.14. The van der Waals surface area contributed by atoms with E-state index < -0.39 is 0 Å². The molecule has 118 valence electrons. The Balaban J connectivity index is 2.00. The van der Waals surface area contributed by atoms with Crippen LogP contribution < -0.4 is 5.73 Å². The van der Waals surface area contributed by atoms with Gasteiger partial charge in [-0.15, -0.1) is 0 Å². The third-order valence-corrected chi connectivity index (χ3v) is 3.87. The maximum atomic E-state index is 6.00. The topological polar surface area (TPSA) is 63.9 Å². The third kappa shape index (κ3) is 3.79. The normalized spacial score (nSPS) is 10.9. The molecule has 2 aromatic carbocycles. The summed E-state index contributed by atoms with van der Waals surface area (Å²) in [6.07, 6.45) is 3.69. The number of nitrogens with zero attached hydrogens (tertiary/aromatic N) is 1. The van der Waals surface area contributed by atoms with E-state index in [9.17, 15) is 0 Å². The largest absolute Gasteiger partial charge is 0.375 e. The molecule has 1 aromatic heterocycles. The molecular formula is C18H18ClN3O. The molecule has 0 atom stereocenters. The second-order valence-electron chi connectivity index (χ2n) is 5.21. The van der Waals surface area contributed by atoms with Gasteiger partial charge in [0.05, 0.1) is 19.4 Å². The molecule has 3 rings (SSSR count). The zero-order valence-corrected chi connectivity index (χ0v) is 13.4. The van der Waals surface area contributed by atoms with Crippen molar-refractivity contribution in [2.24, 2.45) is 5.73 Å². The molecule has 0 aliphatic rings. The molecule has 0 saturated carbocycles. The number of aromatic amines is 1. The Morgan fingerprint density at radius 2 is 1.83 bits per heavy atom. The highest BCUT2D eigenvalue weighted by Gasteiger charge is 2.09. The number of H-pyrrole nitrogens is 1. The fourth-order valence-electron chi connectivity index (χ4n) is 2.45. The van der Waals surface area contributed by atoms with E-state index in [-0.39, 0.29) is 0 Å². The van der Waals surface area contributed by atoms with E-state index in [2.05, 4.69) is 28.4 Å². The Morgan fingerprint density at radius 1 is 1.04 bits per heavy atom. The van der Waals surface area contributed by atoms with E-state index in [1.807, 2.05) is 36.7 Å². The van der Waals surface area contributed by atoms with E-state index in [1.165, 1.54) is 0 Å². The van der Waals surface area contributed by atoms with Crippen LogP contribution in [0.1, 0.15) is 5.56 Å². The van der Waals surface area contributed by atoms with Gasteiger partial charge in [-0.1, -0.05) is 35.9 Å². The number of hydrogen-bond donors (Lipinski definition) is 2. The number of nitrogens with two attached hydrogens (primary N) is 1. The van der Waals surface area contributed by atoms with Crippen molar-refractivity contribution >= 4 is 11.6 Å². The molecule has 0 unspecified atom stereocenters. The minimum atomic E-state index is 0.517. The van der Waals surface area contributed by atoms with Crippen LogP contribution in [0.2, 0.25) is 5.02 Å². The van der Waals surface area contributed by atoms with Gasteiger partial charge in [0, 0.05) is 23.3 Å². The summed E-state index contributed by atoms with van der Waals surface area (Å²) in [6.45, 7) is 1.59. The van der Waals surface area contributed by atoms with Crippen molar-refractivity contribution in [2.75, 3.05) is 13.2 Å². The van der Waals surface area contributed by atoms with Gasteiger partial charge in [-0.25, -0.2) is 0 Å². The molecule has 0 spiro atoms. The number of ether oxygens (including phenoxy) is 1.